The summed E-state index contributed by atoms with van der Waals surface area (Å²) >= 11 is 0. The van der Waals surface area contributed by atoms with Crippen molar-refractivity contribution in [3.63, 3.8) is 0 Å². The largest absolute Gasteiger partial charge is 0.353 e. The predicted molar refractivity (Wildman–Crippen MR) is 68.8 cm³/mol. The van der Waals surface area contributed by atoms with Crippen LogP contribution in [-0.4, -0.2) is 35.3 Å². The topological polar surface area (TPSA) is 102 Å². The summed E-state index contributed by atoms with van der Waals surface area (Å²) < 4.78 is 23.2. The molecule has 0 saturated carbocycles. The lowest BCUT2D eigenvalue weighted by Crippen LogP contribution is -2.18. The van der Waals surface area contributed by atoms with Gasteiger partial charge in [-0.15, -0.1) is 5.10 Å². The predicted octanol–water partition coefficient (Wildman–Crippen LogP) is 0.128. The molecule has 0 spiro atoms. The number of nitrogens with zero attached hydrogens (tertiary/aromatic N) is 3. The number of anilines is 1. The van der Waals surface area contributed by atoms with E-state index in [9.17, 15) is 8.42 Å². The van der Waals surface area contributed by atoms with Gasteiger partial charge >= 0.3 is 0 Å². The molecule has 0 aliphatic carbocycles. The van der Waals surface area contributed by atoms with Crippen LogP contribution in [0.15, 0.2) is 18.3 Å². The van der Waals surface area contributed by atoms with Gasteiger partial charge in [0.25, 0.3) is 0 Å². The molecular weight excluding hydrogens is 254 g/mol. The van der Waals surface area contributed by atoms with Gasteiger partial charge in [-0.25, -0.2) is 18.1 Å². The zero-order chi connectivity index (χ0) is 13.2. The summed E-state index contributed by atoms with van der Waals surface area (Å²) in [5.41, 5.74) is 1.81. The lowest BCUT2D eigenvalue weighted by Gasteiger charge is -1.99. The Balaban J connectivity index is 1.98. The van der Waals surface area contributed by atoms with E-state index in [0.29, 0.717) is 18.9 Å². The highest BCUT2D eigenvalue weighted by molar-refractivity contribution is 7.89. The molecule has 0 saturated heterocycles. The van der Waals surface area contributed by atoms with Gasteiger partial charge in [0.05, 0.1) is 5.75 Å². The molecule has 0 radical (unpaired) electrons. The second-order valence-corrected chi connectivity index (χ2v) is 5.78. The molecular formula is C10H15N5O2S. The fourth-order valence-electron chi connectivity index (χ4n) is 1.59. The van der Waals surface area contributed by atoms with Gasteiger partial charge in [0, 0.05) is 12.7 Å². The van der Waals surface area contributed by atoms with Crippen LogP contribution in [0.1, 0.15) is 12.0 Å². The summed E-state index contributed by atoms with van der Waals surface area (Å²) in [7, 11) is -3.40. The van der Waals surface area contributed by atoms with Crippen LogP contribution >= 0.6 is 0 Å². The highest BCUT2D eigenvalue weighted by Gasteiger charge is 2.05. The zero-order valence-electron chi connectivity index (χ0n) is 10.00. The molecule has 8 heteroatoms. The maximum Gasteiger partial charge on any atom is 0.243 e. The fourth-order valence-corrected chi connectivity index (χ4v) is 2.13. The van der Waals surface area contributed by atoms with E-state index in [1.54, 1.807) is 4.52 Å². The highest BCUT2D eigenvalue weighted by Crippen LogP contribution is 2.09. The van der Waals surface area contributed by atoms with Crippen molar-refractivity contribution in [2.45, 2.75) is 13.3 Å². The van der Waals surface area contributed by atoms with E-state index in [1.165, 1.54) is 0 Å². The van der Waals surface area contributed by atoms with Crippen molar-refractivity contribution in [2.24, 2.45) is 5.14 Å². The SMILES string of the molecule is Cc1cccn2nc(NCCCS(N)(=O)=O)nc12. The van der Waals surface area contributed by atoms with E-state index in [-0.39, 0.29) is 5.75 Å². The number of hydrogen-bond acceptors (Lipinski definition) is 5. The number of fused-ring (bicyclic) bond motifs is 1. The highest BCUT2D eigenvalue weighted by atomic mass is 32.2. The van der Waals surface area contributed by atoms with Crippen molar-refractivity contribution in [1.29, 1.82) is 0 Å². The maximum atomic E-state index is 10.7. The molecule has 0 aliphatic rings. The Morgan fingerprint density at radius 1 is 1.50 bits per heavy atom. The number of nitrogens with two attached hydrogens (primary N) is 1. The number of primary sulfonamides is 1. The number of sulfonamides is 1. The quantitative estimate of drug-likeness (QED) is 0.751. The summed E-state index contributed by atoms with van der Waals surface area (Å²) in [4.78, 5) is 4.31. The first-order valence-electron chi connectivity index (χ1n) is 5.52. The standard InChI is InChI=1S/C10H15N5O2S/c1-8-4-2-6-15-9(8)13-10(14-15)12-5-3-7-18(11,16)17/h2,4,6H,3,5,7H2,1H3,(H,12,14)(H2,11,16,17). The Labute approximate surface area is 105 Å². The maximum absolute atomic E-state index is 10.7. The summed E-state index contributed by atoms with van der Waals surface area (Å²) in [5.74, 6) is 0.436. The Hall–Kier alpha value is -1.67. The van der Waals surface area contributed by atoms with Crippen LogP contribution in [0.4, 0.5) is 5.95 Å². The molecule has 0 atom stereocenters. The van der Waals surface area contributed by atoms with E-state index >= 15 is 0 Å². The summed E-state index contributed by atoms with van der Waals surface area (Å²) in [6.45, 7) is 2.42. The number of hydrogen-bond donors (Lipinski definition) is 2. The van der Waals surface area contributed by atoms with Gasteiger partial charge in [-0.1, -0.05) is 6.07 Å². The summed E-state index contributed by atoms with van der Waals surface area (Å²) in [5, 5.41) is 12.1. The molecule has 0 bridgehead atoms. The van der Waals surface area contributed by atoms with E-state index < -0.39 is 10.0 Å². The molecule has 2 rings (SSSR count). The van der Waals surface area contributed by atoms with E-state index in [1.807, 2.05) is 25.3 Å². The number of nitrogens with one attached hydrogen (secondary N) is 1. The van der Waals surface area contributed by atoms with Crippen LogP contribution in [0.2, 0.25) is 0 Å². The lowest BCUT2D eigenvalue weighted by molar-refractivity contribution is 0.595. The first-order valence-corrected chi connectivity index (χ1v) is 7.23. The minimum atomic E-state index is -3.40. The normalized spacial score (nSPS) is 11.9. The monoisotopic (exact) mass is 269 g/mol. The van der Waals surface area contributed by atoms with Crippen LogP contribution in [0.5, 0.6) is 0 Å². The second-order valence-electron chi connectivity index (χ2n) is 4.04. The van der Waals surface area contributed by atoms with E-state index in [2.05, 4.69) is 15.4 Å². The minimum absolute atomic E-state index is 0.0492. The fraction of sp³-hybridized carbons (Fsp3) is 0.400. The van der Waals surface area contributed by atoms with Gasteiger partial charge in [-0.05, 0) is 25.0 Å². The number of aromatic nitrogens is 3. The van der Waals surface area contributed by atoms with Crippen LogP contribution in [0.25, 0.3) is 5.65 Å². The molecule has 0 fully saturated rings. The van der Waals surface area contributed by atoms with Crippen molar-refractivity contribution in [2.75, 3.05) is 17.6 Å². The number of pyridine rings is 1. The van der Waals surface area contributed by atoms with Crippen LogP contribution in [-0.2, 0) is 10.0 Å². The Morgan fingerprint density at radius 3 is 2.94 bits per heavy atom. The molecule has 2 aromatic heterocycles. The molecule has 2 aromatic rings. The molecule has 98 valence electrons. The summed E-state index contributed by atoms with van der Waals surface area (Å²) in [6.07, 6.45) is 2.23. The van der Waals surface area contributed by atoms with Crippen molar-refractivity contribution in [3.8, 4) is 0 Å². The van der Waals surface area contributed by atoms with Gasteiger partial charge in [-0.2, -0.15) is 4.98 Å². The minimum Gasteiger partial charge on any atom is -0.353 e. The van der Waals surface area contributed by atoms with Crippen LogP contribution in [0, 0.1) is 6.92 Å². The molecule has 2 heterocycles. The molecule has 0 aromatic carbocycles. The summed E-state index contributed by atoms with van der Waals surface area (Å²) in [6, 6.07) is 3.84. The smallest absolute Gasteiger partial charge is 0.243 e. The first-order chi connectivity index (χ1) is 8.46. The Bertz CT molecular complexity index is 649. The van der Waals surface area contributed by atoms with Gasteiger partial charge in [0.1, 0.15) is 0 Å². The van der Waals surface area contributed by atoms with Crippen molar-refractivity contribution >= 4 is 21.6 Å². The first kappa shape index (κ1) is 12.8. The van der Waals surface area contributed by atoms with Crippen molar-refractivity contribution in [3.05, 3.63) is 23.9 Å². The molecule has 0 unspecified atom stereocenters. The van der Waals surface area contributed by atoms with Gasteiger partial charge in [-0.3, -0.25) is 0 Å². The second kappa shape index (κ2) is 4.91. The van der Waals surface area contributed by atoms with E-state index in [4.69, 9.17) is 5.14 Å². The van der Waals surface area contributed by atoms with Crippen LogP contribution < -0.4 is 10.5 Å². The van der Waals surface area contributed by atoms with Crippen molar-refractivity contribution < 1.29 is 8.42 Å². The Kier molecular flexibility index (Phi) is 3.48. The number of rotatable bonds is 5. The van der Waals surface area contributed by atoms with Crippen molar-refractivity contribution in [1.82, 2.24) is 14.6 Å². The average molecular weight is 269 g/mol. The molecule has 0 amide bonds. The molecule has 7 nitrogen and oxygen atoms in total. The molecule has 18 heavy (non-hydrogen) atoms. The van der Waals surface area contributed by atoms with Gasteiger partial charge < -0.3 is 5.32 Å². The Morgan fingerprint density at radius 2 is 2.28 bits per heavy atom. The van der Waals surface area contributed by atoms with Crippen LogP contribution in [0.3, 0.4) is 0 Å². The third kappa shape index (κ3) is 3.17. The van der Waals surface area contributed by atoms with E-state index in [0.717, 1.165) is 11.2 Å². The molecule has 0 aliphatic heterocycles. The average Bonchev–Trinajstić information content (AvgIpc) is 2.68. The lowest BCUT2D eigenvalue weighted by atomic mass is 10.3. The third-order valence-corrected chi connectivity index (χ3v) is 3.30. The number of aryl methyl sites for hydroxylation is 1. The zero-order valence-corrected chi connectivity index (χ0v) is 10.8. The van der Waals surface area contributed by atoms with Gasteiger partial charge in [0.15, 0.2) is 5.65 Å². The third-order valence-electron chi connectivity index (χ3n) is 2.45. The molecule has 3 N–H and O–H groups in total. The van der Waals surface area contributed by atoms with Gasteiger partial charge in [0.2, 0.25) is 16.0 Å².